The van der Waals surface area contributed by atoms with Gasteiger partial charge in [0.05, 0.1) is 0 Å². The van der Waals surface area contributed by atoms with E-state index in [-0.39, 0.29) is 5.92 Å². The Labute approximate surface area is 208 Å². The van der Waals surface area contributed by atoms with E-state index in [0.717, 1.165) is 10.8 Å². The Kier molecular flexibility index (Phi) is 3.93. The van der Waals surface area contributed by atoms with Crippen molar-refractivity contribution in [2.75, 3.05) is 0 Å². The van der Waals surface area contributed by atoms with Crippen LogP contribution in [0.2, 0.25) is 0 Å². The molecule has 0 saturated carbocycles. The van der Waals surface area contributed by atoms with Crippen LogP contribution in [0.4, 0.5) is 0 Å². The molecule has 7 aromatic rings. The smallest absolute Gasteiger partial charge is 0.123 e. The first kappa shape index (κ1) is 19.7. The average Bonchev–Trinajstić information content (AvgIpc) is 3.27. The monoisotopic (exact) mass is 458 g/mol. The van der Waals surface area contributed by atoms with E-state index in [9.17, 15) is 5.11 Å². The summed E-state index contributed by atoms with van der Waals surface area (Å²) in [7, 11) is 0. The molecule has 7 aromatic carbocycles. The normalized spacial score (nSPS) is 14.5. The van der Waals surface area contributed by atoms with Crippen LogP contribution < -0.4 is 0 Å². The lowest BCUT2D eigenvalue weighted by Gasteiger charge is -2.20. The molecule has 1 heteroatoms. The van der Waals surface area contributed by atoms with Crippen LogP contribution in [0, 0.1) is 0 Å². The van der Waals surface area contributed by atoms with E-state index in [1.807, 2.05) is 12.1 Å². The molecule has 1 aliphatic carbocycles. The number of phenolic OH excluding ortho intramolecular Hbond substituents is 1. The van der Waals surface area contributed by atoms with Gasteiger partial charge in [-0.25, -0.2) is 0 Å². The quantitative estimate of drug-likeness (QED) is 0.192. The predicted molar refractivity (Wildman–Crippen MR) is 151 cm³/mol. The van der Waals surface area contributed by atoms with Gasteiger partial charge in [0.15, 0.2) is 0 Å². The Balaban J connectivity index is 1.58. The summed E-state index contributed by atoms with van der Waals surface area (Å²) in [6.07, 6.45) is 0. The van der Waals surface area contributed by atoms with Gasteiger partial charge >= 0.3 is 0 Å². The molecule has 8 rings (SSSR count). The van der Waals surface area contributed by atoms with Crippen LogP contribution in [0.1, 0.15) is 22.6 Å². The molecule has 1 nitrogen and oxygen atoms in total. The van der Waals surface area contributed by atoms with Crippen molar-refractivity contribution in [2.45, 2.75) is 5.92 Å². The highest BCUT2D eigenvalue weighted by Gasteiger charge is 2.35. The molecular formula is C35H22O. The fourth-order valence-corrected chi connectivity index (χ4v) is 6.53. The fraction of sp³-hybridized carbons (Fsp3) is 0.0286. The van der Waals surface area contributed by atoms with Gasteiger partial charge in [0.2, 0.25) is 0 Å². The summed E-state index contributed by atoms with van der Waals surface area (Å²) in [6, 6.07) is 43.2. The summed E-state index contributed by atoms with van der Waals surface area (Å²) in [5.74, 6) is 0.375. The minimum atomic E-state index is 0.0291. The average molecular weight is 459 g/mol. The highest BCUT2D eigenvalue weighted by molar-refractivity contribution is 6.19. The number of fused-ring (bicyclic) bond motifs is 10. The first-order valence-electron chi connectivity index (χ1n) is 12.5. The molecule has 1 N–H and O–H groups in total. The fourth-order valence-electron chi connectivity index (χ4n) is 6.53. The molecular weight excluding hydrogens is 436 g/mol. The van der Waals surface area contributed by atoms with Crippen LogP contribution in [0.25, 0.3) is 54.2 Å². The van der Waals surface area contributed by atoms with E-state index in [2.05, 4.69) is 109 Å². The molecule has 0 bridgehead atoms. The molecule has 1 unspecified atom stereocenters. The lowest BCUT2D eigenvalue weighted by Crippen LogP contribution is -2.02. The van der Waals surface area contributed by atoms with Crippen molar-refractivity contribution >= 4 is 43.1 Å². The third-order valence-electron chi connectivity index (χ3n) is 7.99. The highest BCUT2D eigenvalue weighted by Crippen LogP contribution is 2.56. The summed E-state index contributed by atoms with van der Waals surface area (Å²) in [6.45, 7) is 0. The molecule has 168 valence electrons. The zero-order valence-corrected chi connectivity index (χ0v) is 19.6. The van der Waals surface area contributed by atoms with Gasteiger partial charge in [-0.3, -0.25) is 0 Å². The summed E-state index contributed by atoms with van der Waals surface area (Å²) < 4.78 is 0. The Morgan fingerprint density at radius 2 is 1.11 bits per heavy atom. The minimum absolute atomic E-state index is 0.0291. The standard InChI is InChI=1S/C35H22O/c36-31-18-8-17-26-24-12-3-4-13-25(24)32-27-14-5-6-15-28(27)33(35(32)34(26)31)29-16-7-11-23-19-21-9-1-2-10-22(21)20-30(23)29/h1-20,33,36H. The molecule has 0 aliphatic heterocycles. The lowest BCUT2D eigenvalue weighted by molar-refractivity contribution is 0.481. The number of rotatable bonds is 1. The molecule has 0 fully saturated rings. The molecule has 0 aromatic heterocycles. The molecule has 0 spiro atoms. The predicted octanol–water partition coefficient (Wildman–Crippen LogP) is 9.17. The highest BCUT2D eigenvalue weighted by atomic mass is 16.3. The number of hydrogen-bond donors (Lipinski definition) is 1. The zero-order valence-electron chi connectivity index (χ0n) is 19.6. The summed E-state index contributed by atoms with van der Waals surface area (Å²) in [5.41, 5.74) is 6.30. The van der Waals surface area contributed by atoms with Gasteiger partial charge in [-0.1, -0.05) is 103 Å². The molecule has 0 heterocycles. The third kappa shape index (κ3) is 2.55. The van der Waals surface area contributed by atoms with Crippen molar-refractivity contribution in [3.8, 4) is 16.9 Å². The summed E-state index contributed by atoms with van der Waals surface area (Å²) in [4.78, 5) is 0. The number of hydrogen-bond acceptors (Lipinski definition) is 1. The third-order valence-corrected chi connectivity index (χ3v) is 7.99. The van der Waals surface area contributed by atoms with Crippen LogP contribution in [0.5, 0.6) is 5.75 Å². The molecule has 1 atom stereocenters. The molecule has 36 heavy (non-hydrogen) atoms. The van der Waals surface area contributed by atoms with E-state index >= 15 is 0 Å². The van der Waals surface area contributed by atoms with Crippen molar-refractivity contribution in [2.24, 2.45) is 0 Å². The van der Waals surface area contributed by atoms with Gasteiger partial charge in [0, 0.05) is 11.3 Å². The van der Waals surface area contributed by atoms with Crippen LogP contribution in [-0.4, -0.2) is 5.11 Å². The number of aromatic hydroxyl groups is 1. The van der Waals surface area contributed by atoms with E-state index in [0.29, 0.717) is 5.75 Å². The Bertz CT molecular complexity index is 2010. The maximum Gasteiger partial charge on any atom is 0.123 e. The van der Waals surface area contributed by atoms with E-state index in [4.69, 9.17) is 0 Å². The second-order valence-corrected chi connectivity index (χ2v) is 9.82. The van der Waals surface area contributed by atoms with Crippen molar-refractivity contribution in [3.63, 3.8) is 0 Å². The molecule has 0 saturated heterocycles. The molecule has 0 radical (unpaired) electrons. The minimum Gasteiger partial charge on any atom is -0.507 e. The second kappa shape index (κ2) is 7.19. The molecule has 0 amide bonds. The second-order valence-electron chi connectivity index (χ2n) is 9.82. The van der Waals surface area contributed by atoms with Crippen LogP contribution in [0.3, 0.4) is 0 Å². The number of benzene rings is 7. The summed E-state index contributed by atoms with van der Waals surface area (Å²) >= 11 is 0. The van der Waals surface area contributed by atoms with Crippen LogP contribution in [-0.2, 0) is 0 Å². The van der Waals surface area contributed by atoms with Crippen molar-refractivity contribution in [1.82, 2.24) is 0 Å². The topological polar surface area (TPSA) is 20.2 Å². The zero-order chi connectivity index (χ0) is 23.8. The number of phenols is 1. The first-order chi connectivity index (χ1) is 17.8. The van der Waals surface area contributed by atoms with Crippen molar-refractivity contribution < 1.29 is 5.11 Å². The van der Waals surface area contributed by atoms with Gasteiger partial charge in [-0.2, -0.15) is 0 Å². The van der Waals surface area contributed by atoms with E-state index in [1.54, 1.807) is 0 Å². The van der Waals surface area contributed by atoms with Gasteiger partial charge in [0.25, 0.3) is 0 Å². The Morgan fingerprint density at radius 1 is 0.472 bits per heavy atom. The Morgan fingerprint density at radius 3 is 2.00 bits per heavy atom. The van der Waals surface area contributed by atoms with Crippen molar-refractivity contribution in [3.05, 3.63) is 138 Å². The van der Waals surface area contributed by atoms with Crippen molar-refractivity contribution in [1.29, 1.82) is 0 Å². The van der Waals surface area contributed by atoms with Gasteiger partial charge in [0.1, 0.15) is 5.75 Å². The largest absolute Gasteiger partial charge is 0.507 e. The lowest BCUT2D eigenvalue weighted by atomic mass is 9.82. The molecule has 1 aliphatic rings. The van der Waals surface area contributed by atoms with Crippen LogP contribution >= 0.6 is 0 Å². The van der Waals surface area contributed by atoms with Gasteiger partial charge < -0.3 is 5.11 Å². The SMILES string of the molecule is Oc1cccc2c1c1c(c3ccccc32)-c2ccccc2C1c1cccc2cc3ccccc3cc12. The van der Waals surface area contributed by atoms with E-state index in [1.165, 1.54) is 60.1 Å². The maximum absolute atomic E-state index is 11.3. The van der Waals surface area contributed by atoms with E-state index < -0.39 is 0 Å². The Hall–Kier alpha value is -4.62. The van der Waals surface area contributed by atoms with Gasteiger partial charge in [-0.05, 0) is 83.7 Å². The summed E-state index contributed by atoms with van der Waals surface area (Å²) in [5, 5.41) is 20.8. The van der Waals surface area contributed by atoms with Crippen LogP contribution in [0.15, 0.2) is 121 Å². The first-order valence-corrected chi connectivity index (χ1v) is 12.5. The maximum atomic E-state index is 11.3. The van der Waals surface area contributed by atoms with Gasteiger partial charge in [-0.15, -0.1) is 0 Å².